The van der Waals surface area contributed by atoms with E-state index in [-0.39, 0.29) is 24.3 Å². The normalized spacial score (nSPS) is 13.2. The van der Waals surface area contributed by atoms with E-state index in [0.717, 1.165) is 19.3 Å². The Labute approximate surface area is 173 Å². The van der Waals surface area contributed by atoms with Crippen molar-refractivity contribution in [2.24, 2.45) is 0 Å². The van der Waals surface area contributed by atoms with Crippen molar-refractivity contribution in [1.82, 2.24) is 0 Å². The number of nitrogens with zero attached hydrogens (tertiary/aromatic N) is 1. The van der Waals surface area contributed by atoms with Gasteiger partial charge in [-0.05, 0) is 55.5 Å². The molecule has 1 atom stereocenters. The van der Waals surface area contributed by atoms with Crippen LogP contribution in [0.15, 0.2) is 42.5 Å². The summed E-state index contributed by atoms with van der Waals surface area (Å²) in [6.07, 6.45) is 1.93. The van der Waals surface area contributed by atoms with Crippen LogP contribution in [-0.2, 0) is 27.2 Å². The number of hydrogen-bond donors (Lipinski definition) is 1. The molecule has 1 aliphatic rings. The molecular weight excluding hydrogens is 388 g/mol. The summed E-state index contributed by atoms with van der Waals surface area (Å²) in [4.78, 5) is 46.6. The second-order valence-electron chi connectivity index (χ2n) is 7.19. The zero-order valence-electron chi connectivity index (χ0n) is 16.6. The number of aryl methyl sites for hydroxylation is 2. The number of benzene rings is 2. The first-order valence-corrected chi connectivity index (χ1v) is 9.73. The number of ketones is 1. The van der Waals surface area contributed by atoms with Crippen LogP contribution < -0.4 is 5.32 Å². The smallest absolute Gasteiger partial charge is 0.307 e. The molecule has 0 aliphatic heterocycles. The number of esters is 1. The number of carbonyl (C=O) groups is 3. The van der Waals surface area contributed by atoms with Crippen LogP contribution >= 0.6 is 0 Å². The predicted molar refractivity (Wildman–Crippen MR) is 109 cm³/mol. The van der Waals surface area contributed by atoms with Gasteiger partial charge in [0.1, 0.15) is 0 Å². The number of non-ortho nitro benzene ring substituents is 1. The Kier molecular flexibility index (Phi) is 6.56. The first kappa shape index (κ1) is 21.2. The molecule has 0 fully saturated rings. The molecule has 1 N–H and O–H groups in total. The summed E-state index contributed by atoms with van der Waals surface area (Å²) >= 11 is 0. The standard InChI is InChI=1S/C22H22N2O6/c1-14(22(27)23-18-7-9-19(10-8-18)24(28)29)30-21(26)12-11-20(25)17-6-5-15-3-2-4-16(15)13-17/h5-10,13-14H,2-4,11-12H2,1H3,(H,23,27). The summed E-state index contributed by atoms with van der Waals surface area (Å²) in [5.74, 6) is -1.34. The fraction of sp³-hybridized carbons (Fsp3) is 0.318. The van der Waals surface area contributed by atoms with E-state index in [1.165, 1.54) is 42.3 Å². The van der Waals surface area contributed by atoms with Gasteiger partial charge in [0.2, 0.25) is 0 Å². The number of nitrogens with one attached hydrogen (secondary N) is 1. The van der Waals surface area contributed by atoms with Crippen molar-refractivity contribution in [3.05, 3.63) is 69.3 Å². The highest BCUT2D eigenvalue weighted by Gasteiger charge is 2.20. The molecule has 1 unspecified atom stereocenters. The zero-order chi connectivity index (χ0) is 21.7. The van der Waals surface area contributed by atoms with E-state index in [1.807, 2.05) is 12.1 Å². The Bertz CT molecular complexity index is 984. The van der Waals surface area contributed by atoms with Crippen LogP contribution in [0.5, 0.6) is 0 Å². The van der Waals surface area contributed by atoms with Gasteiger partial charge in [-0.1, -0.05) is 12.1 Å². The maximum atomic E-state index is 12.4. The number of hydrogen-bond acceptors (Lipinski definition) is 6. The third-order valence-electron chi connectivity index (χ3n) is 5.00. The van der Waals surface area contributed by atoms with Crippen molar-refractivity contribution < 1.29 is 24.0 Å². The minimum absolute atomic E-state index is 0.00825. The van der Waals surface area contributed by atoms with Gasteiger partial charge in [0.05, 0.1) is 11.3 Å². The number of ether oxygens (including phenoxy) is 1. The first-order chi connectivity index (χ1) is 14.3. The van der Waals surface area contributed by atoms with Crippen molar-refractivity contribution in [1.29, 1.82) is 0 Å². The zero-order valence-corrected chi connectivity index (χ0v) is 16.6. The summed E-state index contributed by atoms with van der Waals surface area (Å²) in [7, 11) is 0. The van der Waals surface area contributed by atoms with E-state index in [0.29, 0.717) is 11.3 Å². The fourth-order valence-corrected chi connectivity index (χ4v) is 3.33. The maximum Gasteiger partial charge on any atom is 0.307 e. The molecular formula is C22H22N2O6. The van der Waals surface area contributed by atoms with Crippen LogP contribution in [0.25, 0.3) is 0 Å². The molecule has 1 amide bonds. The Morgan fingerprint density at radius 3 is 2.47 bits per heavy atom. The van der Waals surface area contributed by atoms with Crippen molar-refractivity contribution in [2.45, 2.75) is 45.1 Å². The van der Waals surface area contributed by atoms with E-state index < -0.39 is 22.9 Å². The van der Waals surface area contributed by atoms with Gasteiger partial charge in [0, 0.05) is 29.8 Å². The Hall–Kier alpha value is -3.55. The van der Waals surface area contributed by atoms with Crippen LogP contribution in [-0.4, -0.2) is 28.7 Å². The van der Waals surface area contributed by atoms with Gasteiger partial charge in [0.15, 0.2) is 11.9 Å². The number of rotatable bonds is 8. The number of amides is 1. The minimum atomic E-state index is -1.07. The monoisotopic (exact) mass is 410 g/mol. The molecule has 30 heavy (non-hydrogen) atoms. The Morgan fingerprint density at radius 1 is 1.07 bits per heavy atom. The van der Waals surface area contributed by atoms with Crippen molar-refractivity contribution in [3.63, 3.8) is 0 Å². The van der Waals surface area contributed by atoms with Crippen LogP contribution in [0.3, 0.4) is 0 Å². The number of Topliss-reactive ketones (excluding diaryl/α,β-unsaturated/α-hetero) is 1. The van der Waals surface area contributed by atoms with Crippen molar-refractivity contribution >= 4 is 29.0 Å². The second-order valence-corrected chi connectivity index (χ2v) is 7.19. The van der Waals surface area contributed by atoms with E-state index in [1.54, 1.807) is 6.07 Å². The highest BCUT2D eigenvalue weighted by molar-refractivity contribution is 5.98. The van der Waals surface area contributed by atoms with E-state index in [9.17, 15) is 24.5 Å². The SMILES string of the molecule is CC(OC(=O)CCC(=O)c1ccc2c(c1)CCC2)C(=O)Nc1ccc([N+](=O)[O-])cc1. The van der Waals surface area contributed by atoms with Gasteiger partial charge in [0.25, 0.3) is 11.6 Å². The van der Waals surface area contributed by atoms with Gasteiger partial charge in [-0.15, -0.1) is 0 Å². The molecule has 8 nitrogen and oxygen atoms in total. The Morgan fingerprint density at radius 2 is 1.77 bits per heavy atom. The topological polar surface area (TPSA) is 116 Å². The molecule has 8 heteroatoms. The average molecular weight is 410 g/mol. The summed E-state index contributed by atoms with van der Waals surface area (Å²) in [5, 5.41) is 13.2. The van der Waals surface area contributed by atoms with Gasteiger partial charge in [-0.3, -0.25) is 24.5 Å². The second kappa shape index (κ2) is 9.30. The molecule has 0 radical (unpaired) electrons. The largest absolute Gasteiger partial charge is 0.453 e. The third-order valence-corrected chi connectivity index (χ3v) is 5.00. The van der Waals surface area contributed by atoms with Gasteiger partial charge in [-0.2, -0.15) is 0 Å². The van der Waals surface area contributed by atoms with Crippen LogP contribution in [0, 0.1) is 10.1 Å². The molecule has 156 valence electrons. The lowest BCUT2D eigenvalue weighted by molar-refractivity contribution is -0.384. The minimum Gasteiger partial charge on any atom is -0.453 e. The van der Waals surface area contributed by atoms with E-state index in [2.05, 4.69) is 5.32 Å². The maximum absolute atomic E-state index is 12.4. The molecule has 0 bridgehead atoms. The molecule has 2 aromatic rings. The number of nitro benzene ring substituents is 1. The van der Waals surface area contributed by atoms with Crippen molar-refractivity contribution in [2.75, 3.05) is 5.32 Å². The molecule has 0 saturated heterocycles. The molecule has 3 rings (SSSR count). The Balaban J connectivity index is 1.46. The summed E-state index contributed by atoms with van der Waals surface area (Å²) in [6, 6.07) is 11.0. The highest BCUT2D eigenvalue weighted by Crippen LogP contribution is 2.23. The van der Waals surface area contributed by atoms with Crippen molar-refractivity contribution in [3.8, 4) is 0 Å². The predicted octanol–water partition coefficient (Wildman–Crippen LogP) is 3.62. The lowest BCUT2D eigenvalue weighted by Crippen LogP contribution is -2.30. The summed E-state index contributed by atoms with van der Waals surface area (Å²) < 4.78 is 5.10. The first-order valence-electron chi connectivity index (χ1n) is 9.73. The summed E-state index contributed by atoms with van der Waals surface area (Å²) in [6.45, 7) is 1.42. The molecule has 0 saturated carbocycles. The molecule has 1 aliphatic carbocycles. The van der Waals surface area contributed by atoms with Crippen LogP contribution in [0.4, 0.5) is 11.4 Å². The average Bonchev–Trinajstić information content (AvgIpc) is 3.20. The van der Waals surface area contributed by atoms with Gasteiger partial charge in [-0.25, -0.2) is 0 Å². The molecule has 0 spiro atoms. The quantitative estimate of drug-likeness (QED) is 0.308. The number of carbonyl (C=O) groups excluding carboxylic acids is 3. The fourth-order valence-electron chi connectivity index (χ4n) is 3.33. The molecule has 0 heterocycles. The van der Waals surface area contributed by atoms with Gasteiger partial charge < -0.3 is 10.1 Å². The van der Waals surface area contributed by atoms with Crippen LogP contribution in [0.1, 0.15) is 47.7 Å². The lowest BCUT2D eigenvalue weighted by Gasteiger charge is -2.13. The third kappa shape index (κ3) is 5.28. The lowest BCUT2D eigenvalue weighted by atomic mass is 10.0. The van der Waals surface area contributed by atoms with E-state index >= 15 is 0 Å². The number of nitro groups is 1. The number of anilines is 1. The van der Waals surface area contributed by atoms with Crippen LogP contribution in [0.2, 0.25) is 0 Å². The molecule has 0 aromatic heterocycles. The highest BCUT2D eigenvalue weighted by atomic mass is 16.6. The summed E-state index contributed by atoms with van der Waals surface area (Å²) in [5.41, 5.74) is 3.31. The molecule has 2 aromatic carbocycles. The van der Waals surface area contributed by atoms with E-state index in [4.69, 9.17) is 4.74 Å². The van der Waals surface area contributed by atoms with Gasteiger partial charge >= 0.3 is 5.97 Å². The number of fused-ring (bicyclic) bond motifs is 1.